The first-order valence-electron chi connectivity index (χ1n) is 10.5. The lowest BCUT2D eigenvalue weighted by Gasteiger charge is -2.18. The lowest BCUT2D eigenvalue weighted by molar-refractivity contribution is -0.145. The van der Waals surface area contributed by atoms with Crippen LogP contribution in [0, 0.1) is 11.8 Å². The van der Waals surface area contributed by atoms with Crippen LogP contribution < -0.4 is 5.32 Å². The zero-order valence-electron chi connectivity index (χ0n) is 17.6. The SMILES string of the molecule is CCCCC(CC)COC(=O)CC(C)NC(=O)OCC(CC)CCCC. The van der Waals surface area contributed by atoms with Gasteiger partial charge in [-0.05, 0) is 31.6 Å². The van der Waals surface area contributed by atoms with E-state index in [0.717, 1.165) is 51.4 Å². The summed E-state index contributed by atoms with van der Waals surface area (Å²) in [4.78, 5) is 23.8. The van der Waals surface area contributed by atoms with Crippen molar-refractivity contribution in [2.24, 2.45) is 11.8 Å². The van der Waals surface area contributed by atoms with Gasteiger partial charge in [-0.2, -0.15) is 0 Å². The van der Waals surface area contributed by atoms with Crippen molar-refractivity contribution in [1.82, 2.24) is 5.32 Å². The molecule has 0 heterocycles. The van der Waals surface area contributed by atoms with Crippen LogP contribution >= 0.6 is 0 Å². The fourth-order valence-electron chi connectivity index (χ4n) is 2.80. The number of carbonyl (C=O) groups is 2. The Bertz CT molecular complexity index is 339. The third-order valence-corrected chi connectivity index (χ3v) is 4.85. The highest BCUT2D eigenvalue weighted by atomic mass is 16.5. The van der Waals surface area contributed by atoms with E-state index in [0.29, 0.717) is 25.0 Å². The highest BCUT2D eigenvalue weighted by molar-refractivity contribution is 5.72. The molecule has 0 aromatic heterocycles. The van der Waals surface area contributed by atoms with Crippen molar-refractivity contribution >= 4 is 12.1 Å². The molecule has 5 nitrogen and oxygen atoms in total. The Morgan fingerprint density at radius 3 is 1.81 bits per heavy atom. The standard InChI is InChI=1S/C21H41NO4/c1-6-10-12-18(8-3)15-25-20(23)14-17(5)22-21(24)26-16-19(9-4)13-11-7-2/h17-19H,6-16H2,1-5H3,(H,22,24). The van der Waals surface area contributed by atoms with Crippen LogP contribution in [0.1, 0.15) is 92.4 Å². The summed E-state index contributed by atoms with van der Waals surface area (Å²) < 4.78 is 10.7. The van der Waals surface area contributed by atoms with E-state index in [9.17, 15) is 9.59 Å². The number of alkyl carbamates (subject to hydrolysis) is 1. The Hall–Kier alpha value is -1.26. The van der Waals surface area contributed by atoms with Crippen LogP contribution in [0.5, 0.6) is 0 Å². The quantitative estimate of drug-likeness (QED) is 0.388. The van der Waals surface area contributed by atoms with Crippen molar-refractivity contribution in [2.45, 2.75) is 98.4 Å². The molecule has 0 aliphatic rings. The Balaban J connectivity index is 4.01. The van der Waals surface area contributed by atoms with E-state index in [1.807, 2.05) is 0 Å². The molecule has 0 aromatic rings. The number of carbonyl (C=O) groups excluding carboxylic acids is 2. The van der Waals surface area contributed by atoms with Crippen molar-refractivity contribution in [3.05, 3.63) is 0 Å². The van der Waals surface area contributed by atoms with Crippen LogP contribution in [0.4, 0.5) is 4.79 Å². The summed E-state index contributed by atoms with van der Waals surface area (Å²) in [5.74, 6) is 0.582. The summed E-state index contributed by atoms with van der Waals surface area (Å²) in [6.07, 6.45) is 8.55. The Morgan fingerprint density at radius 1 is 0.846 bits per heavy atom. The maximum Gasteiger partial charge on any atom is 0.407 e. The minimum absolute atomic E-state index is 0.173. The van der Waals surface area contributed by atoms with Gasteiger partial charge >= 0.3 is 12.1 Å². The molecule has 1 amide bonds. The lowest BCUT2D eigenvalue weighted by atomic mass is 10.0. The summed E-state index contributed by atoms with van der Waals surface area (Å²) in [6.45, 7) is 11.3. The summed E-state index contributed by atoms with van der Waals surface area (Å²) in [6, 6.07) is -0.290. The minimum Gasteiger partial charge on any atom is -0.465 e. The average Bonchev–Trinajstić information content (AvgIpc) is 2.61. The third-order valence-electron chi connectivity index (χ3n) is 4.85. The predicted octanol–water partition coefficient (Wildman–Crippen LogP) is 5.47. The molecule has 0 saturated heterocycles. The van der Waals surface area contributed by atoms with Gasteiger partial charge in [0.15, 0.2) is 0 Å². The van der Waals surface area contributed by atoms with Crippen LogP contribution in [0.25, 0.3) is 0 Å². The van der Waals surface area contributed by atoms with Crippen LogP contribution in [0.3, 0.4) is 0 Å². The number of amides is 1. The van der Waals surface area contributed by atoms with Crippen molar-refractivity contribution in [1.29, 1.82) is 0 Å². The van der Waals surface area contributed by atoms with E-state index >= 15 is 0 Å². The first-order valence-corrected chi connectivity index (χ1v) is 10.5. The molecule has 3 atom stereocenters. The number of hydrogen-bond acceptors (Lipinski definition) is 4. The summed E-state index contributed by atoms with van der Waals surface area (Å²) in [5.41, 5.74) is 0. The number of ether oxygens (including phenoxy) is 2. The Morgan fingerprint density at radius 2 is 1.35 bits per heavy atom. The highest BCUT2D eigenvalue weighted by Crippen LogP contribution is 2.14. The van der Waals surface area contributed by atoms with Gasteiger partial charge in [0.1, 0.15) is 0 Å². The lowest BCUT2D eigenvalue weighted by Crippen LogP contribution is -2.36. The molecule has 1 N–H and O–H groups in total. The molecule has 0 aromatic carbocycles. The molecular weight excluding hydrogens is 330 g/mol. The van der Waals surface area contributed by atoms with Gasteiger partial charge in [-0.15, -0.1) is 0 Å². The van der Waals surface area contributed by atoms with E-state index in [-0.39, 0.29) is 18.4 Å². The molecule has 0 saturated carbocycles. The molecule has 0 fully saturated rings. The third kappa shape index (κ3) is 13.0. The highest BCUT2D eigenvalue weighted by Gasteiger charge is 2.16. The van der Waals surface area contributed by atoms with E-state index < -0.39 is 6.09 Å². The molecular formula is C21H41NO4. The zero-order chi connectivity index (χ0) is 19.8. The van der Waals surface area contributed by atoms with Gasteiger partial charge in [0.05, 0.1) is 19.6 Å². The molecule has 0 radical (unpaired) electrons. The zero-order valence-corrected chi connectivity index (χ0v) is 17.6. The van der Waals surface area contributed by atoms with E-state index in [1.54, 1.807) is 6.92 Å². The smallest absolute Gasteiger partial charge is 0.407 e. The molecule has 0 spiro atoms. The van der Waals surface area contributed by atoms with Gasteiger partial charge in [0, 0.05) is 6.04 Å². The van der Waals surface area contributed by atoms with E-state index in [1.165, 1.54) is 0 Å². The first kappa shape index (κ1) is 24.7. The van der Waals surface area contributed by atoms with E-state index in [2.05, 4.69) is 33.0 Å². The van der Waals surface area contributed by atoms with Gasteiger partial charge in [0.2, 0.25) is 0 Å². The predicted molar refractivity (Wildman–Crippen MR) is 106 cm³/mol. The molecule has 3 unspecified atom stereocenters. The molecule has 154 valence electrons. The first-order chi connectivity index (χ1) is 12.5. The summed E-state index contributed by atoms with van der Waals surface area (Å²) >= 11 is 0. The van der Waals surface area contributed by atoms with Crippen LogP contribution in [-0.2, 0) is 14.3 Å². The monoisotopic (exact) mass is 371 g/mol. The van der Waals surface area contributed by atoms with Gasteiger partial charge < -0.3 is 14.8 Å². The number of rotatable bonds is 15. The molecule has 0 bridgehead atoms. The van der Waals surface area contributed by atoms with Crippen LogP contribution in [0.2, 0.25) is 0 Å². The summed E-state index contributed by atoms with van der Waals surface area (Å²) in [5, 5.41) is 2.72. The van der Waals surface area contributed by atoms with Gasteiger partial charge in [-0.25, -0.2) is 4.79 Å². The number of unbranched alkanes of at least 4 members (excludes halogenated alkanes) is 2. The van der Waals surface area contributed by atoms with Crippen molar-refractivity contribution in [2.75, 3.05) is 13.2 Å². The maximum absolute atomic E-state index is 11.9. The Kier molecular flexibility index (Phi) is 15.2. The minimum atomic E-state index is -0.449. The fraction of sp³-hybridized carbons (Fsp3) is 0.905. The Labute approximate surface area is 160 Å². The number of esters is 1. The van der Waals surface area contributed by atoms with Crippen molar-refractivity contribution in [3.8, 4) is 0 Å². The second-order valence-corrected chi connectivity index (χ2v) is 7.36. The fourth-order valence-corrected chi connectivity index (χ4v) is 2.80. The molecule has 5 heteroatoms. The summed E-state index contributed by atoms with van der Waals surface area (Å²) in [7, 11) is 0. The second kappa shape index (κ2) is 16.0. The molecule has 0 aliphatic heterocycles. The van der Waals surface area contributed by atoms with Gasteiger partial charge in [0.25, 0.3) is 0 Å². The molecule has 26 heavy (non-hydrogen) atoms. The molecule has 0 rings (SSSR count). The van der Waals surface area contributed by atoms with Gasteiger partial charge in [-0.3, -0.25) is 4.79 Å². The topological polar surface area (TPSA) is 64.6 Å². The molecule has 0 aliphatic carbocycles. The number of hydrogen-bond donors (Lipinski definition) is 1. The van der Waals surface area contributed by atoms with Crippen LogP contribution in [0.15, 0.2) is 0 Å². The largest absolute Gasteiger partial charge is 0.465 e. The maximum atomic E-state index is 11.9. The van der Waals surface area contributed by atoms with Gasteiger partial charge in [-0.1, -0.05) is 66.2 Å². The van der Waals surface area contributed by atoms with Crippen LogP contribution in [-0.4, -0.2) is 31.3 Å². The van der Waals surface area contributed by atoms with E-state index in [4.69, 9.17) is 9.47 Å². The normalized spacial score (nSPS) is 14.3. The van der Waals surface area contributed by atoms with Crippen molar-refractivity contribution < 1.29 is 19.1 Å². The average molecular weight is 372 g/mol. The number of nitrogens with one attached hydrogen (secondary N) is 1. The second-order valence-electron chi connectivity index (χ2n) is 7.36. The van der Waals surface area contributed by atoms with Crippen molar-refractivity contribution in [3.63, 3.8) is 0 Å².